The Kier molecular flexibility index (Phi) is 5.03. The number of hydrogen-bond acceptors (Lipinski definition) is 5. The van der Waals surface area contributed by atoms with Crippen LogP contribution in [0.1, 0.15) is 43.9 Å². The van der Waals surface area contributed by atoms with Crippen LogP contribution in [0.2, 0.25) is 0 Å². The molecule has 1 aliphatic carbocycles. The molecular weight excluding hydrogens is 392 g/mol. The third kappa shape index (κ3) is 3.14. The van der Waals surface area contributed by atoms with Crippen LogP contribution in [0.5, 0.6) is 0 Å². The summed E-state index contributed by atoms with van der Waals surface area (Å²) in [6.45, 7) is 4.46. The summed E-state index contributed by atoms with van der Waals surface area (Å²) in [7, 11) is 1.33. The third-order valence-electron chi connectivity index (χ3n) is 6.35. The molecule has 0 spiro atoms. The Morgan fingerprint density at radius 2 is 1.87 bits per heavy atom. The molecule has 0 bridgehead atoms. The first-order chi connectivity index (χ1) is 14.3. The number of rotatable bonds is 3. The summed E-state index contributed by atoms with van der Waals surface area (Å²) >= 11 is 0. The van der Waals surface area contributed by atoms with E-state index in [1.807, 2.05) is 13.8 Å². The lowest BCUT2D eigenvalue weighted by atomic mass is 9.69. The van der Waals surface area contributed by atoms with Gasteiger partial charge in [0.25, 0.3) is 0 Å². The molecule has 1 aromatic heterocycles. The predicted octanol–water partition coefficient (Wildman–Crippen LogP) is 3.21. The predicted molar refractivity (Wildman–Crippen MR) is 104 cm³/mol. The Balaban J connectivity index is 1.68. The standard InChI is InChI=1S/C22H23F2N3O3/c1-12-7-8-22(2,21(29)27-10-13(11-27)20(28)30-3)19-14(12)9-17(25-26-19)18-15(23)5-4-6-16(18)24/h4-6,9,12-13H,7-8,10-11H2,1-3H3/t12-,22-/m0/s1. The van der Waals surface area contributed by atoms with Crippen molar-refractivity contribution in [2.24, 2.45) is 5.92 Å². The van der Waals surface area contributed by atoms with E-state index in [0.29, 0.717) is 25.2 Å². The Labute approximate surface area is 173 Å². The zero-order chi connectivity index (χ0) is 21.6. The van der Waals surface area contributed by atoms with E-state index in [0.717, 1.165) is 12.0 Å². The molecule has 8 heteroatoms. The molecule has 30 heavy (non-hydrogen) atoms. The summed E-state index contributed by atoms with van der Waals surface area (Å²) in [5.41, 5.74) is 0.301. The summed E-state index contributed by atoms with van der Waals surface area (Å²) in [6.07, 6.45) is 1.32. The zero-order valence-electron chi connectivity index (χ0n) is 17.1. The van der Waals surface area contributed by atoms with Crippen molar-refractivity contribution in [1.82, 2.24) is 15.1 Å². The van der Waals surface area contributed by atoms with Gasteiger partial charge in [0.05, 0.1) is 35.4 Å². The van der Waals surface area contributed by atoms with Gasteiger partial charge in [-0.1, -0.05) is 13.0 Å². The fourth-order valence-electron chi connectivity index (χ4n) is 4.37. The largest absolute Gasteiger partial charge is 0.469 e. The maximum Gasteiger partial charge on any atom is 0.312 e. The van der Waals surface area contributed by atoms with E-state index in [-0.39, 0.29) is 35.0 Å². The summed E-state index contributed by atoms with van der Waals surface area (Å²) in [5, 5.41) is 8.37. The number of benzene rings is 1. The number of aromatic nitrogens is 2. The summed E-state index contributed by atoms with van der Waals surface area (Å²) in [5.74, 6) is -2.08. The highest BCUT2D eigenvalue weighted by molar-refractivity contribution is 5.90. The lowest BCUT2D eigenvalue weighted by Crippen LogP contribution is -2.59. The maximum atomic E-state index is 14.2. The molecule has 1 aromatic carbocycles. The van der Waals surface area contributed by atoms with E-state index in [4.69, 9.17) is 4.74 Å². The van der Waals surface area contributed by atoms with Gasteiger partial charge in [0.1, 0.15) is 11.6 Å². The first kappa shape index (κ1) is 20.4. The molecule has 1 fully saturated rings. The lowest BCUT2D eigenvalue weighted by Gasteiger charge is -2.44. The van der Waals surface area contributed by atoms with Crippen molar-refractivity contribution in [3.05, 3.63) is 47.2 Å². The van der Waals surface area contributed by atoms with Gasteiger partial charge in [-0.15, -0.1) is 5.10 Å². The van der Waals surface area contributed by atoms with Crippen LogP contribution in [0.4, 0.5) is 8.78 Å². The van der Waals surface area contributed by atoms with Crippen molar-refractivity contribution in [3.8, 4) is 11.3 Å². The lowest BCUT2D eigenvalue weighted by molar-refractivity contribution is -0.158. The first-order valence-electron chi connectivity index (χ1n) is 9.96. The molecule has 0 radical (unpaired) electrons. The minimum Gasteiger partial charge on any atom is -0.469 e. The topological polar surface area (TPSA) is 72.4 Å². The monoisotopic (exact) mass is 415 g/mol. The van der Waals surface area contributed by atoms with Gasteiger partial charge < -0.3 is 9.64 Å². The normalized spacial score (nSPS) is 23.5. The molecule has 6 nitrogen and oxygen atoms in total. The number of ether oxygens (including phenoxy) is 1. The van der Waals surface area contributed by atoms with Gasteiger partial charge in [-0.2, -0.15) is 5.10 Å². The molecule has 2 atom stereocenters. The van der Waals surface area contributed by atoms with Crippen molar-refractivity contribution in [1.29, 1.82) is 0 Å². The van der Waals surface area contributed by atoms with Gasteiger partial charge in [-0.05, 0) is 49.4 Å². The molecule has 0 unspecified atom stereocenters. The highest BCUT2D eigenvalue weighted by atomic mass is 19.1. The van der Waals surface area contributed by atoms with Gasteiger partial charge >= 0.3 is 5.97 Å². The minimum absolute atomic E-state index is 0.0733. The number of carbonyl (C=O) groups excluding carboxylic acids is 2. The quantitative estimate of drug-likeness (QED) is 0.720. The minimum atomic E-state index is -0.901. The number of halogens is 2. The average molecular weight is 415 g/mol. The maximum absolute atomic E-state index is 14.2. The third-order valence-corrected chi connectivity index (χ3v) is 6.35. The van der Waals surface area contributed by atoms with Crippen LogP contribution < -0.4 is 0 Å². The number of esters is 1. The van der Waals surface area contributed by atoms with Crippen LogP contribution in [-0.4, -0.2) is 47.2 Å². The van der Waals surface area contributed by atoms with Crippen molar-refractivity contribution >= 4 is 11.9 Å². The smallest absolute Gasteiger partial charge is 0.312 e. The van der Waals surface area contributed by atoms with Crippen LogP contribution >= 0.6 is 0 Å². The fourth-order valence-corrected chi connectivity index (χ4v) is 4.37. The van der Waals surface area contributed by atoms with Crippen LogP contribution in [0, 0.1) is 17.6 Å². The number of likely N-dealkylation sites (tertiary alicyclic amines) is 1. The van der Waals surface area contributed by atoms with E-state index < -0.39 is 17.0 Å². The summed E-state index contributed by atoms with van der Waals surface area (Å²) < 4.78 is 33.2. The van der Waals surface area contributed by atoms with Gasteiger partial charge in [0, 0.05) is 13.1 Å². The molecule has 1 aliphatic heterocycles. The average Bonchev–Trinajstić information content (AvgIpc) is 2.69. The Bertz CT molecular complexity index is 1000. The highest BCUT2D eigenvalue weighted by Gasteiger charge is 2.48. The Morgan fingerprint density at radius 3 is 2.50 bits per heavy atom. The zero-order valence-corrected chi connectivity index (χ0v) is 17.1. The van der Waals surface area contributed by atoms with E-state index >= 15 is 0 Å². The molecule has 0 saturated carbocycles. The van der Waals surface area contributed by atoms with Gasteiger partial charge in [-0.25, -0.2) is 8.78 Å². The van der Waals surface area contributed by atoms with Crippen molar-refractivity contribution in [2.45, 2.75) is 38.0 Å². The number of carbonyl (C=O) groups is 2. The summed E-state index contributed by atoms with van der Waals surface area (Å²) in [4.78, 5) is 26.6. The Morgan fingerprint density at radius 1 is 1.20 bits per heavy atom. The number of nitrogens with zero attached hydrogens (tertiary/aromatic N) is 3. The van der Waals surface area contributed by atoms with Gasteiger partial charge in [0.2, 0.25) is 5.91 Å². The van der Waals surface area contributed by atoms with Crippen molar-refractivity contribution in [3.63, 3.8) is 0 Å². The number of hydrogen-bond donors (Lipinski definition) is 0. The van der Waals surface area contributed by atoms with Crippen LogP contribution in [0.3, 0.4) is 0 Å². The molecule has 4 rings (SSSR count). The van der Waals surface area contributed by atoms with Crippen LogP contribution in [-0.2, 0) is 19.7 Å². The number of methoxy groups -OCH3 is 1. The molecule has 1 saturated heterocycles. The van der Waals surface area contributed by atoms with E-state index in [9.17, 15) is 18.4 Å². The Hall–Kier alpha value is -2.90. The van der Waals surface area contributed by atoms with Crippen LogP contribution in [0.25, 0.3) is 11.3 Å². The highest BCUT2D eigenvalue weighted by Crippen LogP contribution is 2.44. The first-order valence-corrected chi connectivity index (χ1v) is 9.96. The van der Waals surface area contributed by atoms with E-state index in [1.54, 1.807) is 11.0 Å². The number of fused-ring (bicyclic) bond motifs is 1. The van der Waals surface area contributed by atoms with Crippen molar-refractivity contribution in [2.75, 3.05) is 20.2 Å². The summed E-state index contributed by atoms with van der Waals surface area (Å²) in [6, 6.07) is 5.30. The molecule has 0 N–H and O–H groups in total. The molecular formula is C22H23F2N3O3. The second kappa shape index (κ2) is 7.41. The second-order valence-electron chi connectivity index (χ2n) is 8.33. The number of amides is 1. The fraction of sp³-hybridized carbons (Fsp3) is 0.455. The molecule has 2 aliphatic rings. The van der Waals surface area contributed by atoms with Gasteiger partial charge in [-0.3, -0.25) is 9.59 Å². The molecule has 158 valence electrons. The SMILES string of the molecule is COC(=O)C1CN(C(=O)[C@@]2(C)CC[C@H](C)c3cc(-c4c(F)cccc4F)nnc32)C1. The van der Waals surface area contributed by atoms with Gasteiger partial charge in [0.15, 0.2) is 0 Å². The molecule has 2 aromatic rings. The van der Waals surface area contributed by atoms with Crippen LogP contribution in [0.15, 0.2) is 24.3 Å². The second-order valence-corrected chi connectivity index (χ2v) is 8.33. The molecule has 1 amide bonds. The van der Waals surface area contributed by atoms with Crippen molar-refractivity contribution < 1.29 is 23.1 Å². The molecule has 2 heterocycles. The van der Waals surface area contributed by atoms with E-state index in [1.165, 1.54) is 25.3 Å². The van der Waals surface area contributed by atoms with E-state index in [2.05, 4.69) is 10.2 Å².